The van der Waals surface area contributed by atoms with Crippen LogP contribution in [0.4, 0.5) is 0 Å². The van der Waals surface area contributed by atoms with Crippen molar-refractivity contribution in [3.8, 4) is 5.75 Å². The van der Waals surface area contributed by atoms with E-state index in [0.717, 1.165) is 6.42 Å². The van der Waals surface area contributed by atoms with Crippen molar-refractivity contribution in [2.24, 2.45) is 5.92 Å². The Kier molecular flexibility index (Phi) is 7.32. The molecule has 1 fully saturated rings. The van der Waals surface area contributed by atoms with E-state index in [1.54, 1.807) is 19.1 Å². The maximum absolute atomic E-state index is 13.1. The van der Waals surface area contributed by atoms with E-state index in [2.05, 4.69) is 5.32 Å². The second kappa shape index (κ2) is 9.06. The van der Waals surface area contributed by atoms with Gasteiger partial charge in [0.25, 0.3) is 0 Å². The molecule has 0 spiro atoms. The minimum absolute atomic E-state index is 0.0508. The maximum atomic E-state index is 13.1. The van der Waals surface area contributed by atoms with Gasteiger partial charge in [0.2, 0.25) is 15.9 Å². The van der Waals surface area contributed by atoms with Gasteiger partial charge in [-0.05, 0) is 51.3 Å². The number of piperidine rings is 1. The van der Waals surface area contributed by atoms with E-state index in [1.165, 1.54) is 10.4 Å². The summed E-state index contributed by atoms with van der Waals surface area (Å²) in [6, 6.07) is 4.65. The van der Waals surface area contributed by atoms with Gasteiger partial charge in [0.1, 0.15) is 10.6 Å². The fourth-order valence-electron chi connectivity index (χ4n) is 2.93. The van der Waals surface area contributed by atoms with Crippen LogP contribution in [0.25, 0.3) is 0 Å². The molecule has 26 heavy (non-hydrogen) atoms. The zero-order valence-corrected chi connectivity index (χ0v) is 17.1. The maximum Gasteiger partial charge on any atom is 0.246 e. The molecule has 1 N–H and O–H groups in total. The number of nitrogens with zero attached hydrogens (tertiary/aromatic N) is 1. The van der Waals surface area contributed by atoms with Gasteiger partial charge in [0.15, 0.2) is 0 Å². The molecule has 0 aromatic heterocycles. The first-order valence-corrected chi connectivity index (χ1v) is 10.8. The first kappa shape index (κ1) is 21.0. The van der Waals surface area contributed by atoms with Crippen LogP contribution < -0.4 is 10.1 Å². The molecule has 8 heteroatoms. The first-order valence-electron chi connectivity index (χ1n) is 9.02. The van der Waals surface area contributed by atoms with Gasteiger partial charge in [-0.15, -0.1) is 0 Å². The normalized spacial score (nSPS) is 19.8. The van der Waals surface area contributed by atoms with Gasteiger partial charge in [-0.2, -0.15) is 4.31 Å². The van der Waals surface area contributed by atoms with E-state index < -0.39 is 10.0 Å². The number of amides is 1. The topological polar surface area (TPSA) is 75.7 Å². The van der Waals surface area contributed by atoms with Crippen molar-refractivity contribution < 1.29 is 17.9 Å². The Labute approximate surface area is 160 Å². The van der Waals surface area contributed by atoms with Crippen LogP contribution in [0.5, 0.6) is 5.75 Å². The van der Waals surface area contributed by atoms with Gasteiger partial charge in [0.05, 0.1) is 12.5 Å². The molecule has 1 saturated heterocycles. The van der Waals surface area contributed by atoms with Gasteiger partial charge in [-0.1, -0.05) is 18.5 Å². The van der Waals surface area contributed by atoms with E-state index in [1.807, 2.05) is 13.8 Å². The van der Waals surface area contributed by atoms with Crippen molar-refractivity contribution in [1.29, 1.82) is 0 Å². The van der Waals surface area contributed by atoms with Crippen LogP contribution in [0.1, 0.15) is 40.0 Å². The Morgan fingerprint density at radius 3 is 2.81 bits per heavy atom. The Balaban J connectivity index is 2.24. The van der Waals surface area contributed by atoms with Crippen LogP contribution in [0.15, 0.2) is 23.1 Å². The number of rotatable bonds is 7. The molecule has 1 aromatic rings. The highest BCUT2D eigenvalue weighted by Crippen LogP contribution is 2.32. The van der Waals surface area contributed by atoms with Crippen LogP contribution in [-0.4, -0.2) is 44.4 Å². The second-order valence-electron chi connectivity index (χ2n) is 6.54. The first-order chi connectivity index (χ1) is 12.3. The number of halogens is 1. The molecule has 0 bridgehead atoms. The minimum Gasteiger partial charge on any atom is -0.492 e. The minimum atomic E-state index is -3.79. The van der Waals surface area contributed by atoms with Gasteiger partial charge >= 0.3 is 0 Å². The summed E-state index contributed by atoms with van der Waals surface area (Å²) in [6.07, 6.45) is 2.16. The highest BCUT2D eigenvalue weighted by molar-refractivity contribution is 7.89. The standard InChI is InChI=1S/C18H27ClN2O4S/c1-4-13(3)20-18(22)14-7-6-10-21(12-14)26(23,24)17-11-15(19)8-9-16(17)25-5-2/h8-9,11,13-14H,4-7,10,12H2,1-3H3,(H,20,22)/t13-,14-/m0/s1. The molecule has 1 amide bonds. The molecule has 0 unspecified atom stereocenters. The van der Waals surface area contributed by atoms with Gasteiger partial charge in [-0.3, -0.25) is 4.79 Å². The zero-order valence-electron chi connectivity index (χ0n) is 15.5. The fourth-order valence-corrected chi connectivity index (χ4v) is 4.85. The van der Waals surface area contributed by atoms with Crippen molar-refractivity contribution in [3.05, 3.63) is 23.2 Å². The van der Waals surface area contributed by atoms with E-state index in [0.29, 0.717) is 31.0 Å². The monoisotopic (exact) mass is 402 g/mol. The molecule has 1 aliphatic heterocycles. The lowest BCUT2D eigenvalue weighted by Crippen LogP contribution is -2.47. The van der Waals surface area contributed by atoms with Crippen molar-refractivity contribution >= 4 is 27.5 Å². The Morgan fingerprint density at radius 1 is 1.42 bits per heavy atom. The number of carbonyl (C=O) groups is 1. The van der Waals surface area contributed by atoms with Crippen LogP contribution in [0.3, 0.4) is 0 Å². The lowest BCUT2D eigenvalue weighted by molar-refractivity contribution is -0.126. The molecule has 1 aromatic carbocycles. The number of carbonyl (C=O) groups excluding carboxylic acids is 1. The third kappa shape index (κ3) is 4.90. The van der Waals surface area contributed by atoms with E-state index in [4.69, 9.17) is 16.3 Å². The van der Waals surface area contributed by atoms with Crippen LogP contribution in [0.2, 0.25) is 5.02 Å². The summed E-state index contributed by atoms with van der Waals surface area (Å²) >= 11 is 6.01. The highest BCUT2D eigenvalue weighted by atomic mass is 35.5. The number of sulfonamides is 1. The fraction of sp³-hybridized carbons (Fsp3) is 0.611. The summed E-state index contributed by atoms with van der Waals surface area (Å²) in [5, 5.41) is 3.27. The van der Waals surface area contributed by atoms with Crippen LogP contribution in [0, 0.1) is 5.92 Å². The Morgan fingerprint density at radius 2 is 2.15 bits per heavy atom. The van der Waals surface area contributed by atoms with E-state index in [-0.39, 0.29) is 35.1 Å². The lowest BCUT2D eigenvalue weighted by atomic mass is 9.98. The van der Waals surface area contributed by atoms with Gasteiger partial charge in [-0.25, -0.2) is 8.42 Å². The smallest absolute Gasteiger partial charge is 0.246 e. The molecular formula is C18H27ClN2O4S. The summed E-state index contributed by atoms with van der Waals surface area (Å²) in [5.41, 5.74) is 0. The summed E-state index contributed by atoms with van der Waals surface area (Å²) in [5.74, 6) is -0.152. The van der Waals surface area contributed by atoms with Crippen LogP contribution in [-0.2, 0) is 14.8 Å². The number of nitrogens with one attached hydrogen (secondary N) is 1. The average molecular weight is 403 g/mol. The van der Waals surface area contributed by atoms with E-state index in [9.17, 15) is 13.2 Å². The molecule has 0 aliphatic carbocycles. The van der Waals surface area contributed by atoms with Crippen molar-refractivity contribution in [1.82, 2.24) is 9.62 Å². The van der Waals surface area contributed by atoms with Crippen LogP contribution >= 0.6 is 11.6 Å². The van der Waals surface area contributed by atoms with Crippen molar-refractivity contribution in [3.63, 3.8) is 0 Å². The SMILES string of the molecule is CCOc1ccc(Cl)cc1S(=O)(=O)N1CCC[C@H](C(=O)N[C@@H](C)CC)C1. The molecule has 6 nitrogen and oxygen atoms in total. The molecule has 2 atom stereocenters. The molecule has 146 valence electrons. The van der Waals surface area contributed by atoms with Gasteiger partial charge in [0, 0.05) is 24.2 Å². The summed E-state index contributed by atoms with van der Waals surface area (Å²) in [6.45, 7) is 6.63. The number of hydrogen-bond acceptors (Lipinski definition) is 4. The largest absolute Gasteiger partial charge is 0.492 e. The second-order valence-corrected chi connectivity index (χ2v) is 8.89. The number of benzene rings is 1. The molecule has 1 aliphatic rings. The predicted octanol–water partition coefficient (Wildman–Crippen LogP) is 3.05. The number of hydrogen-bond donors (Lipinski definition) is 1. The lowest BCUT2D eigenvalue weighted by Gasteiger charge is -2.32. The van der Waals surface area contributed by atoms with E-state index >= 15 is 0 Å². The quantitative estimate of drug-likeness (QED) is 0.760. The third-order valence-electron chi connectivity index (χ3n) is 4.58. The predicted molar refractivity (Wildman–Crippen MR) is 102 cm³/mol. The summed E-state index contributed by atoms with van der Waals surface area (Å²) in [7, 11) is -3.79. The molecule has 1 heterocycles. The van der Waals surface area contributed by atoms with Crippen molar-refractivity contribution in [2.75, 3.05) is 19.7 Å². The summed E-state index contributed by atoms with van der Waals surface area (Å²) in [4.78, 5) is 12.5. The van der Waals surface area contributed by atoms with Gasteiger partial charge < -0.3 is 10.1 Å². The Bertz CT molecular complexity index is 739. The zero-order chi connectivity index (χ0) is 19.3. The summed E-state index contributed by atoms with van der Waals surface area (Å²) < 4.78 is 33.1. The molecule has 0 radical (unpaired) electrons. The molecule has 0 saturated carbocycles. The molecular weight excluding hydrogens is 376 g/mol. The Hall–Kier alpha value is -1.31. The van der Waals surface area contributed by atoms with Crippen molar-refractivity contribution in [2.45, 2.75) is 51.0 Å². The molecule has 2 rings (SSSR count). The average Bonchev–Trinajstić information content (AvgIpc) is 2.63. The highest BCUT2D eigenvalue weighted by Gasteiger charge is 2.35. The third-order valence-corrected chi connectivity index (χ3v) is 6.70. The number of ether oxygens (including phenoxy) is 1.